The van der Waals surface area contributed by atoms with Gasteiger partial charge < -0.3 is 24.1 Å². The summed E-state index contributed by atoms with van der Waals surface area (Å²) in [6.45, 7) is 4.17. The van der Waals surface area contributed by atoms with Crippen LogP contribution < -0.4 is 4.74 Å². The Labute approximate surface area is 237 Å². The highest BCUT2D eigenvalue weighted by atomic mass is 19.1. The highest BCUT2D eigenvalue weighted by molar-refractivity contribution is 5.83. The van der Waals surface area contributed by atoms with E-state index in [4.69, 9.17) is 19.2 Å². The van der Waals surface area contributed by atoms with Crippen LogP contribution in [-0.2, 0) is 20.9 Å². The van der Waals surface area contributed by atoms with E-state index >= 15 is 0 Å². The molecule has 2 aliphatic rings. The Balaban J connectivity index is 1.25. The van der Waals surface area contributed by atoms with Crippen LogP contribution in [0.15, 0.2) is 66.9 Å². The minimum Gasteiger partial charge on any atom is -0.459 e. The van der Waals surface area contributed by atoms with Crippen LogP contribution >= 0.6 is 0 Å². The molecule has 10 heteroatoms. The highest BCUT2D eigenvalue weighted by Gasteiger charge is 2.43. The second kappa shape index (κ2) is 11.8. The van der Waals surface area contributed by atoms with Gasteiger partial charge in [-0.05, 0) is 62.1 Å². The first-order chi connectivity index (χ1) is 20.0. The zero-order valence-electron chi connectivity index (χ0n) is 22.9. The number of rotatable bonds is 7. The number of piperidine rings is 1. The molecule has 0 atom stereocenters. The van der Waals surface area contributed by atoms with E-state index in [0.29, 0.717) is 35.1 Å². The molecule has 2 aliphatic heterocycles. The molecule has 2 saturated heterocycles. The van der Waals surface area contributed by atoms with E-state index in [1.54, 1.807) is 24.4 Å². The van der Waals surface area contributed by atoms with Crippen LogP contribution in [0.5, 0.6) is 6.01 Å². The molecule has 1 amide bonds. The number of halogens is 1. The molecular weight excluding hydrogens is 525 g/mol. The lowest BCUT2D eigenvalue weighted by Gasteiger charge is -2.40. The minimum atomic E-state index is -0.805. The lowest BCUT2D eigenvalue weighted by atomic mass is 9.89. The van der Waals surface area contributed by atoms with Crippen molar-refractivity contribution in [1.82, 2.24) is 24.8 Å². The Bertz CT molecular complexity index is 1480. The normalized spacial score (nSPS) is 21.0. The molecule has 1 N–H and O–H groups in total. The predicted octanol–water partition coefficient (Wildman–Crippen LogP) is 5.32. The third kappa shape index (κ3) is 5.98. The summed E-state index contributed by atoms with van der Waals surface area (Å²) in [7, 11) is 0. The Morgan fingerprint density at radius 1 is 1.02 bits per heavy atom. The number of ether oxygens (including phenoxy) is 3. The van der Waals surface area contributed by atoms with Crippen LogP contribution in [0, 0.1) is 11.2 Å². The van der Waals surface area contributed by atoms with Crippen LogP contribution in [0.2, 0.25) is 0 Å². The van der Waals surface area contributed by atoms with Gasteiger partial charge in [0.25, 0.3) is 0 Å². The number of hydrogen-bond donors (Lipinski definition) is 1. The molecule has 6 rings (SSSR count). The molecule has 212 valence electrons. The van der Waals surface area contributed by atoms with Gasteiger partial charge in [-0.25, -0.2) is 14.4 Å². The standard InChI is InChI=1S/C31H32FN5O4/c1-31(29(38)37-16-6-3-7-17-37)19-40-28(41-20-31)27-35-25(22-10-12-23(32)13-11-22)26(36-27)24-14-15-33-30(34-24)39-18-21-8-4-2-5-9-21/h2,4-5,8-15,28H,3,6-7,16-20H2,1H3,(H,35,36). The van der Waals surface area contributed by atoms with Gasteiger partial charge in [-0.1, -0.05) is 30.3 Å². The average Bonchev–Trinajstić information content (AvgIpc) is 3.47. The van der Waals surface area contributed by atoms with E-state index < -0.39 is 11.7 Å². The number of aromatic amines is 1. The van der Waals surface area contributed by atoms with Gasteiger partial charge in [0.15, 0.2) is 5.82 Å². The van der Waals surface area contributed by atoms with Crippen molar-refractivity contribution >= 4 is 5.91 Å². The van der Waals surface area contributed by atoms with Gasteiger partial charge in [-0.2, -0.15) is 4.98 Å². The van der Waals surface area contributed by atoms with E-state index in [9.17, 15) is 9.18 Å². The number of hydrogen-bond acceptors (Lipinski definition) is 7. The predicted molar refractivity (Wildman–Crippen MR) is 149 cm³/mol. The first kappa shape index (κ1) is 27.0. The molecule has 9 nitrogen and oxygen atoms in total. The quantitative estimate of drug-likeness (QED) is 0.328. The van der Waals surface area contributed by atoms with E-state index in [1.807, 2.05) is 42.2 Å². The Hall–Kier alpha value is -4.15. The first-order valence-corrected chi connectivity index (χ1v) is 13.9. The summed E-state index contributed by atoms with van der Waals surface area (Å²) in [4.78, 5) is 32.1. The second-order valence-corrected chi connectivity index (χ2v) is 10.7. The number of carbonyl (C=O) groups excluding carboxylic acids is 1. The fraction of sp³-hybridized carbons (Fsp3) is 0.355. The second-order valence-electron chi connectivity index (χ2n) is 10.7. The van der Waals surface area contributed by atoms with Crippen LogP contribution in [0.1, 0.15) is 43.9 Å². The lowest BCUT2D eigenvalue weighted by Crippen LogP contribution is -2.51. The molecule has 4 aromatic rings. The molecule has 4 heterocycles. The zero-order valence-corrected chi connectivity index (χ0v) is 22.9. The maximum absolute atomic E-state index is 13.7. The SMILES string of the molecule is CC1(C(=O)N2CCCCC2)COC(c2nc(-c3ccc(F)cc3)c(-c3ccnc(OCc4ccccc4)n3)[nH]2)OC1. The summed E-state index contributed by atoms with van der Waals surface area (Å²) in [6.07, 6.45) is 4.01. The summed E-state index contributed by atoms with van der Waals surface area (Å²) in [5.41, 5.74) is 2.61. The Morgan fingerprint density at radius 2 is 1.76 bits per heavy atom. The van der Waals surface area contributed by atoms with E-state index in [2.05, 4.69) is 15.0 Å². The Morgan fingerprint density at radius 3 is 2.49 bits per heavy atom. The number of nitrogens with one attached hydrogen (secondary N) is 1. The molecule has 0 bridgehead atoms. The fourth-order valence-electron chi connectivity index (χ4n) is 5.15. The molecular formula is C31H32FN5O4. The van der Waals surface area contributed by atoms with Crippen molar-refractivity contribution in [2.24, 2.45) is 5.41 Å². The minimum absolute atomic E-state index is 0.0619. The highest BCUT2D eigenvalue weighted by Crippen LogP contribution is 2.36. The van der Waals surface area contributed by atoms with Crippen molar-refractivity contribution in [3.8, 4) is 28.7 Å². The van der Waals surface area contributed by atoms with E-state index in [0.717, 1.165) is 37.9 Å². The molecule has 0 spiro atoms. The maximum Gasteiger partial charge on any atom is 0.317 e. The van der Waals surface area contributed by atoms with Crippen LogP contribution in [0.3, 0.4) is 0 Å². The number of likely N-dealkylation sites (tertiary alicyclic amines) is 1. The zero-order chi connectivity index (χ0) is 28.2. The van der Waals surface area contributed by atoms with Crippen molar-refractivity contribution in [1.29, 1.82) is 0 Å². The van der Waals surface area contributed by atoms with Crippen molar-refractivity contribution < 1.29 is 23.4 Å². The largest absolute Gasteiger partial charge is 0.459 e. The van der Waals surface area contributed by atoms with Gasteiger partial charge in [0, 0.05) is 24.8 Å². The molecule has 0 saturated carbocycles. The Kier molecular flexibility index (Phi) is 7.76. The molecule has 0 unspecified atom stereocenters. The lowest BCUT2D eigenvalue weighted by molar-refractivity contribution is -0.234. The summed E-state index contributed by atoms with van der Waals surface area (Å²) in [6, 6.07) is 17.8. The fourth-order valence-corrected chi connectivity index (χ4v) is 5.15. The number of carbonyl (C=O) groups is 1. The maximum atomic E-state index is 13.7. The van der Waals surface area contributed by atoms with Crippen LogP contribution in [0.4, 0.5) is 4.39 Å². The smallest absolute Gasteiger partial charge is 0.317 e. The third-order valence-electron chi connectivity index (χ3n) is 7.43. The van der Waals surface area contributed by atoms with Crippen LogP contribution in [-0.4, -0.2) is 57.0 Å². The molecule has 2 fully saturated rings. The van der Waals surface area contributed by atoms with Gasteiger partial charge in [-0.15, -0.1) is 0 Å². The number of amides is 1. The van der Waals surface area contributed by atoms with Crippen molar-refractivity contribution in [2.75, 3.05) is 26.3 Å². The average molecular weight is 558 g/mol. The summed E-state index contributed by atoms with van der Waals surface area (Å²) >= 11 is 0. The molecule has 0 radical (unpaired) electrons. The summed E-state index contributed by atoms with van der Waals surface area (Å²) in [5, 5.41) is 0. The van der Waals surface area contributed by atoms with Crippen molar-refractivity contribution in [3.05, 3.63) is 84.1 Å². The van der Waals surface area contributed by atoms with Crippen molar-refractivity contribution in [3.63, 3.8) is 0 Å². The molecule has 2 aromatic carbocycles. The number of imidazole rings is 1. The van der Waals surface area contributed by atoms with Gasteiger partial charge in [-0.3, -0.25) is 4.79 Å². The van der Waals surface area contributed by atoms with Gasteiger partial charge in [0.2, 0.25) is 12.2 Å². The van der Waals surface area contributed by atoms with Gasteiger partial charge in [0.1, 0.15) is 12.4 Å². The van der Waals surface area contributed by atoms with Crippen LogP contribution in [0.25, 0.3) is 22.6 Å². The van der Waals surface area contributed by atoms with Gasteiger partial charge in [0.05, 0.1) is 35.7 Å². The number of H-pyrrole nitrogens is 1. The number of nitrogens with zero attached hydrogens (tertiary/aromatic N) is 4. The third-order valence-corrected chi connectivity index (χ3v) is 7.43. The summed E-state index contributed by atoms with van der Waals surface area (Å²) < 4.78 is 31.7. The molecule has 2 aromatic heterocycles. The topological polar surface area (TPSA) is 102 Å². The molecule has 41 heavy (non-hydrogen) atoms. The number of benzene rings is 2. The van der Waals surface area contributed by atoms with Gasteiger partial charge >= 0.3 is 6.01 Å². The van der Waals surface area contributed by atoms with E-state index in [-0.39, 0.29) is 30.9 Å². The van der Waals surface area contributed by atoms with Crippen molar-refractivity contribution in [2.45, 2.75) is 39.1 Å². The monoisotopic (exact) mass is 557 g/mol. The van der Waals surface area contributed by atoms with E-state index in [1.165, 1.54) is 12.1 Å². The first-order valence-electron chi connectivity index (χ1n) is 13.9. The summed E-state index contributed by atoms with van der Waals surface area (Å²) in [5.74, 6) is 0.144. The molecule has 0 aliphatic carbocycles. The number of aromatic nitrogens is 4.